The molecule has 8 heteroatoms. The number of carboxylic acids is 1. The Morgan fingerprint density at radius 2 is 1.60 bits per heavy atom. The number of aliphatic carboxylic acids is 1. The molecule has 0 heterocycles. The van der Waals surface area contributed by atoms with Gasteiger partial charge in [0.1, 0.15) is 0 Å². The maximum Gasteiger partial charge on any atom is -0.870 e. The topological polar surface area (TPSA) is 148 Å². The van der Waals surface area contributed by atoms with E-state index in [2.05, 4.69) is 0 Å². The van der Waals surface area contributed by atoms with Crippen LogP contribution in [0, 0.1) is 0 Å². The third kappa shape index (κ3) is 7.90. The van der Waals surface area contributed by atoms with Crippen LogP contribution in [0.5, 0.6) is 0 Å². The molecule has 4 N–H and O–H groups in total. The third-order valence-electron chi connectivity index (χ3n) is 2.41. The predicted molar refractivity (Wildman–Crippen MR) is 72.5 cm³/mol. The molecule has 0 aliphatic carbocycles. The van der Waals surface area contributed by atoms with Crippen LogP contribution < -0.4 is 9.30 Å². The van der Waals surface area contributed by atoms with Crippen molar-refractivity contribution in [2.45, 2.75) is 19.3 Å². The van der Waals surface area contributed by atoms with Gasteiger partial charge in [0.2, 0.25) is 0 Å². The summed E-state index contributed by atoms with van der Waals surface area (Å²) in [6, 6.07) is 7.64. The number of hydrogen-bond donors (Lipinski definition) is 1. The Labute approximate surface area is 125 Å². The minimum absolute atomic E-state index is 0. The average molecular weight is 344 g/mol. The van der Waals surface area contributed by atoms with E-state index in [1.165, 1.54) is 0 Å². The molecule has 1 rings (SSSR count). The summed E-state index contributed by atoms with van der Waals surface area (Å²) in [5, 5.41) is 8.49. The second kappa shape index (κ2) is 11.4. The summed E-state index contributed by atoms with van der Waals surface area (Å²) in [7, 11) is 1.70. The molecule has 0 saturated heterocycles. The fraction of sp³-hybridized carbons (Fsp3) is 0.333. The number of amides is 1. The van der Waals surface area contributed by atoms with E-state index in [-0.39, 0.29) is 35.2 Å². The van der Waals surface area contributed by atoms with E-state index in [4.69, 9.17) is 5.11 Å². The van der Waals surface area contributed by atoms with Crippen molar-refractivity contribution in [1.29, 1.82) is 0 Å². The Kier molecular flexibility index (Phi) is 13.5. The van der Waals surface area contributed by atoms with Crippen LogP contribution in [0.2, 0.25) is 0 Å². The number of carbonyl (C=O) groups is 2. The van der Waals surface area contributed by atoms with Crippen LogP contribution in [0.25, 0.3) is 0 Å². The number of anilines is 1. The minimum atomic E-state index is -0.865. The van der Waals surface area contributed by atoms with Crippen molar-refractivity contribution in [2.24, 2.45) is 0 Å². The molecular formula is C12H17GeNO6. The van der Waals surface area contributed by atoms with E-state index in [0.717, 1.165) is 10.1 Å². The van der Waals surface area contributed by atoms with Gasteiger partial charge in [0, 0.05) is 0 Å². The van der Waals surface area contributed by atoms with Gasteiger partial charge in [-0.05, 0) is 0 Å². The molecule has 0 bridgehead atoms. The van der Waals surface area contributed by atoms with E-state index < -0.39 is 5.97 Å². The standard InChI is InChI=1S/C12H14GeNO3.3H2O/c1-14(10-7-5-9(13)6-8-10)11(15)3-2-4-12(16)17;;;/h5-8H,2-4H2,1H3,(H,16,17);3*1H2/q+3;;;/p-3. The van der Waals surface area contributed by atoms with E-state index in [0.29, 0.717) is 6.42 Å². The molecular weight excluding hydrogens is 327 g/mol. The van der Waals surface area contributed by atoms with Crippen molar-refractivity contribution in [3.63, 3.8) is 0 Å². The van der Waals surface area contributed by atoms with Crippen LogP contribution in [-0.4, -0.2) is 57.0 Å². The van der Waals surface area contributed by atoms with Crippen molar-refractivity contribution in [2.75, 3.05) is 11.9 Å². The maximum absolute atomic E-state index is 11.7. The SMILES string of the molecule is CN(C(=O)CCCC(=O)O)c1cc[c]([Ge+3])cc1.[OH-].[OH-].[OH-]. The second-order valence-corrected chi connectivity index (χ2v) is 4.96. The molecule has 0 unspecified atom stereocenters. The summed E-state index contributed by atoms with van der Waals surface area (Å²) in [6.07, 6.45) is 0.675. The monoisotopic (exact) mass is 345 g/mol. The van der Waals surface area contributed by atoms with Gasteiger partial charge < -0.3 is 16.4 Å². The zero-order chi connectivity index (χ0) is 12.8. The van der Waals surface area contributed by atoms with E-state index in [1.54, 1.807) is 11.9 Å². The number of hydrogen-bond acceptors (Lipinski definition) is 5. The van der Waals surface area contributed by atoms with Crippen LogP contribution >= 0.6 is 0 Å². The van der Waals surface area contributed by atoms with Crippen molar-refractivity contribution in [3.05, 3.63) is 24.3 Å². The molecule has 0 aliphatic heterocycles. The molecule has 0 radical (unpaired) electrons. The maximum atomic E-state index is 11.7. The summed E-state index contributed by atoms with van der Waals surface area (Å²) in [4.78, 5) is 23.6. The van der Waals surface area contributed by atoms with E-state index >= 15 is 0 Å². The Hall–Kier alpha value is -1.42. The molecule has 20 heavy (non-hydrogen) atoms. The van der Waals surface area contributed by atoms with Gasteiger partial charge in [0.15, 0.2) is 0 Å². The number of carbonyl (C=O) groups excluding carboxylic acids is 1. The van der Waals surface area contributed by atoms with Crippen molar-refractivity contribution in [1.82, 2.24) is 0 Å². The van der Waals surface area contributed by atoms with Crippen molar-refractivity contribution in [3.8, 4) is 0 Å². The summed E-state index contributed by atoms with van der Waals surface area (Å²) in [5.41, 5.74) is 0.830. The van der Waals surface area contributed by atoms with Gasteiger partial charge in [-0.15, -0.1) is 0 Å². The van der Waals surface area contributed by atoms with Crippen LogP contribution in [0.3, 0.4) is 0 Å². The van der Waals surface area contributed by atoms with Gasteiger partial charge in [-0.3, -0.25) is 0 Å². The van der Waals surface area contributed by atoms with Gasteiger partial charge in [0.05, 0.1) is 0 Å². The molecule has 0 aromatic heterocycles. The fourth-order valence-corrected chi connectivity index (χ4v) is 1.74. The van der Waals surface area contributed by atoms with Gasteiger partial charge in [-0.1, -0.05) is 0 Å². The Morgan fingerprint density at radius 3 is 2.05 bits per heavy atom. The predicted octanol–water partition coefficient (Wildman–Crippen LogP) is 0.168. The Bertz CT molecular complexity index is 409. The van der Waals surface area contributed by atoms with Crippen LogP contribution in [0.4, 0.5) is 5.69 Å². The first-order chi connectivity index (χ1) is 8.00. The summed E-state index contributed by atoms with van der Waals surface area (Å²) in [5.74, 6) is -0.925. The number of nitrogens with zero attached hydrogens (tertiary/aromatic N) is 1. The van der Waals surface area contributed by atoms with Crippen LogP contribution in [0.15, 0.2) is 24.3 Å². The second-order valence-electron chi connectivity index (χ2n) is 3.75. The molecule has 110 valence electrons. The first-order valence-corrected chi connectivity index (χ1v) is 6.35. The molecule has 1 amide bonds. The smallest absolute Gasteiger partial charge is 0.870 e. The van der Waals surface area contributed by atoms with Gasteiger partial charge in [-0.2, -0.15) is 0 Å². The van der Waals surface area contributed by atoms with Gasteiger partial charge in [-0.25, -0.2) is 0 Å². The molecule has 0 atom stereocenters. The van der Waals surface area contributed by atoms with Crippen molar-refractivity contribution < 1.29 is 31.1 Å². The number of carboxylic acid groups (broad SMARTS) is 1. The molecule has 7 nitrogen and oxygen atoms in total. The Balaban J connectivity index is -0.000000963. The Morgan fingerprint density at radius 1 is 1.10 bits per heavy atom. The van der Waals surface area contributed by atoms with Gasteiger partial charge >= 0.3 is 109 Å². The van der Waals surface area contributed by atoms with Gasteiger partial charge in [0.25, 0.3) is 0 Å². The zero-order valence-electron chi connectivity index (χ0n) is 11.0. The van der Waals surface area contributed by atoms with Crippen LogP contribution in [-0.2, 0) is 9.59 Å². The third-order valence-corrected chi connectivity index (χ3v) is 3.11. The van der Waals surface area contributed by atoms with E-state index in [9.17, 15) is 9.59 Å². The van der Waals surface area contributed by atoms with Crippen LogP contribution in [0.1, 0.15) is 19.3 Å². The molecule has 0 spiro atoms. The average Bonchev–Trinajstić information content (AvgIpc) is 2.28. The minimum Gasteiger partial charge on any atom is -0.870 e. The summed E-state index contributed by atoms with van der Waals surface area (Å²) < 4.78 is 1.14. The molecule has 1 aromatic carbocycles. The summed E-state index contributed by atoms with van der Waals surface area (Å²) in [6.45, 7) is 0. The zero-order valence-corrected chi connectivity index (χ0v) is 13.1. The largest absolute Gasteiger partial charge is 0.870 e. The first kappa shape index (κ1) is 23.7. The molecule has 0 aliphatic rings. The quantitative estimate of drug-likeness (QED) is 0.753. The van der Waals surface area contributed by atoms with Crippen molar-refractivity contribution >= 4 is 38.5 Å². The number of rotatable bonds is 5. The fourth-order valence-electron chi connectivity index (χ4n) is 1.39. The number of benzene rings is 1. The van der Waals surface area contributed by atoms with E-state index in [1.807, 2.05) is 40.8 Å². The first-order valence-electron chi connectivity index (χ1n) is 5.30. The molecule has 1 aromatic rings. The normalized spacial score (nSPS) is 8.55. The molecule has 0 saturated carbocycles. The molecule has 0 fully saturated rings. The summed E-state index contributed by atoms with van der Waals surface area (Å²) >= 11 is 1.98.